The fourth-order valence-corrected chi connectivity index (χ4v) is 3.33. The standard InChI is InChI=1S/C11H9N3O3S2/c1-13-7(15)4-6(10(13)17)14-9(16)5-2-3-19-8(5)12-11(14)18/h2-3,6H,4H2,1H3,(H,12,18). The van der Waals surface area contributed by atoms with E-state index in [-0.39, 0.29) is 22.7 Å². The van der Waals surface area contributed by atoms with Crippen LogP contribution >= 0.6 is 23.6 Å². The van der Waals surface area contributed by atoms with E-state index in [0.29, 0.717) is 10.2 Å². The molecule has 0 aliphatic carbocycles. The highest BCUT2D eigenvalue weighted by atomic mass is 32.1. The van der Waals surface area contributed by atoms with Crippen LogP contribution in [0.2, 0.25) is 0 Å². The Kier molecular flexibility index (Phi) is 2.64. The van der Waals surface area contributed by atoms with E-state index in [1.54, 1.807) is 11.4 Å². The number of likely N-dealkylation sites (tertiary alicyclic amines) is 1. The van der Waals surface area contributed by atoms with E-state index in [1.807, 2.05) is 0 Å². The zero-order valence-electron chi connectivity index (χ0n) is 9.87. The van der Waals surface area contributed by atoms with Gasteiger partial charge >= 0.3 is 0 Å². The zero-order chi connectivity index (χ0) is 13.7. The summed E-state index contributed by atoms with van der Waals surface area (Å²) in [6.45, 7) is 0. The average Bonchev–Trinajstić information content (AvgIpc) is 2.91. The molecule has 0 bridgehead atoms. The van der Waals surface area contributed by atoms with Gasteiger partial charge in [-0.15, -0.1) is 11.3 Å². The molecule has 1 atom stereocenters. The van der Waals surface area contributed by atoms with Gasteiger partial charge in [-0.25, -0.2) is 0 Å². The molecule has 0 aromatic carbocycles. The van der Waals surface area contributed by atoms with Gasteiger partial charge in [0.2, 0.25) is 5.91 Å². The monoisotopic (exact) mass is 295 g/mol. The van der Waals surface area contributed by atoms with E-state index < -0.39 is 11.9 Å². The topological polar surface area (TPSA) is 75.2 Å². The summed E-state index contributed by atoms with van der Waals surface area (Å²) < 4.78 is 1.37. The summed E-state index contributed by atoms with van der Waals surface area (Å²) in [4.78, 5) is 40.5. The molecule has 1 saturated heterocycles. The lowest BCUT2D eigenvalue weighted by molar-refractivity contribution is -0.137. The molecule has 1 fully saturated rings. The van der Waals surface area contributed by atoms with Crippen LogP contribution in [0.15, 0.2) is 16.2 Å². The highest BCUT2D eigenvalue weighted by Gasteiger charge is 2.38. The van der Waals surface area contributed by atoms with Gasteiger partial charge in [-0.1, -0.05) is 0 Å². The SMILES string of the molecule is CN1C(=O)CC(n2c(=S)[nH]c3sccc3c2=O)C1=O. The molecule has 19 heavy (non-hydrogen) atoms. The third-order valence-electron chi connectivity index (χ3n) is 3.22. The Labute approximate surface area is 116 Å². The number of carbonyl (C=O) groups is 2. The van der Waals surface area contributed by atoms with Gasteiger partial charge in [0.05, 0.1) is 11.8 Å². The predicted molar refractivity (Wildman–Crippen MR) is 72.7 cm³/mol. The average molecular weight is 295 g/mol. The summed E-state index contributed by atoms with van der Waals surface area (Å²) >= 11 is 6.50. The van der Waals surface area contributed by atoms with Gasteiger partial charge in [0.25, 0.3) is 11.5 Å². The maximum Gasteiger partial charge on any atom is 0.263 e. The molecular weight excluding hydrogens is 286 g/mol. The molecule has 1 aliphatic heterocycles. The number of thiophene rings is 1. The number of carbonyl (C=O) groups excluding carboxylic acids is 2. The summed E-state index contributed by atoms with van der Waals surface area (Å²) in [6, 6.07) is 0.841. The molecule has 1 N–H and O–H groups in total. The second-order valence-corrected chi connectivity index (χ2v) is 5.58. The Morgan fingerprint density at radius 2 is 2.16 bits per heavy atom. The Hall–Kier alpha value is -1.80. The summed E-state index contributed by atoms with van der Waals surface area (Å²) in [5.74, 6) is -0.706. The molecule has 1 aliphatic rings. The summed E-state index contributed by atoms with van der Waals surface area (Å²) in [5.41, 5.74) is -0.332. The fourth-order valence-electron chi connectivity index (χ4n) is 2.17. The van der Waals surface area contributed by atoms with Crippen molar-refractivity contribution in [1.29, 1.82) is 0 Å². The number of nitrogens with zero attached hydrogens (tertiary/aromatic N) is 2. The van der Waals surface area contributed by atoms with Gasteiger partial charge in [0.1, 0.15) is 10.9 Å². The Morgan fingerprint density at radius 3 is 2.79 bits per heavy atom. The van der Waals surface area contributed by atoms with Crippen LogP contribution in [0.5, 0.6) is 0 Å². The maximum atomic E-state index is 12.4. The van der Waals surface area contributed by atoms with Crippen molar-refractivity contribution < 1.29 is 9.59 Å². The number of nitrogens with one attached hydrogen (secondary N) is 1. The predicted octanol–water partition coefficient (Wildman–Crippen LogP) is 1.05. The quantitative estimate of drug-likeness (QED) is 0.630. The minimum Gasteiger partial charge on any atom is -0.323 e. The Bertz CT molecular complexity index is 816. The van der Waals surface area contributed by atoms with Crippen LogP contribution in [0.3, 0.4) is 0 Å². The molecule has 2 aromatic heterocycles. The number of aromatic nitrogens is 2. The van der Waals surface area contributed by atoms with Crippen molar-refractivity contribution in [3.05, 3.63) is 26.6 Å². The first-order valence-electron chi connectivity index (χ1n) is 5.53. The smallest absolute Gasteiger partial charge is 0.263 e. The van der Waals surface area contributed by atoms with Crippen molar-refractivity contribution >= 4 is 45.6 Å². The zero-order valence-corrected chi connectivity index (χ0v) is 11.5. The van der Waals surface area contributed by atoms with Crippen molar-refractivity contribution in [2.45, 2.75) is 12.5 Å². The summed E-state index contributed by atoms with van der Waals surface area (Å²) in [6.07, 6.45) is -0.0254. The van der Waals surface area contributed by atoms with Gasteiger partial charge in [0, 0.05) is 7.05 Å². The van der Waals surface area contributed by atoms with Crippen LogP contribution < -0.4 is 5.56 Å². The maximum absolute atomic E-state index is 12.4. The number of hydrogen-bond acceptors (Lipinski definition) is 5. The second kappa shape index (κ2) is 4.10. The van der Waals surface area contributed by atoms with Crippen LogP contribution in [0.4, 0.5) is 0 Å². The molecule has 3 heterocycles. The number of amides is 2. The second-order valence-electron chi connectivity index (χ2n) is 4.28. The molecule has 6 nitrogen and oxygen atoms in total. The highest BCUT2D eigenvalue weighted by molar-refractivity contribution is 7.71. The first kappa shape index (κ1) is 12.2. The first-order chi connectivity index (χ1) is 9.00. The number of rotatable bonds is 1. The lowest BCUT2D eigenvalue weighted by Gasteiger charge is -2.12. The molecular formula is C11H9N3O3S2. The molecule has 0 spiro atoms. The van der Waals surface area contributed by atoms with Crippen molar-refractivity contribution in [1.82, 2.24) is 14.5 Å². The number of imide groups is 1. The van der Waals surface area contributed by atoms with E-state index >= 15 is 0 Å². The van der Waals surface area contributed by atoms with E-state index in [4.69, 9.17) is 12.2 Å². The van der Waals surface area contributed by atoms with Crippen LogP contribution in [0.25, 0.3) is 10.2 Å². The van der Waals surface area contributed by atoms with Crippen LogP contribution in [0.1, 0.15) is 12.5 Å². The van der Waals surface area contributed by atoms with Crippen molar-refractivity contribution in [2.75, 3.05) is 7.05 Å². The van der Waals surface area contributed by atoms with E-state index in [2.05, 4.69) is 4.98 Å². The number of hydrogen-bond donors (Lipinski definition) is 1. The van der Waals surface area contributed by atoms with Crippen LogP contribution in [0, 0.1) is 4.77 Å². The van der Waals surface area contributed by atoms with E-state index in [9.17, 15) is 14.4 Å². The summed E-state index contributed by atoms with van der Waals surface area (Å²) in [7, 11) is 1.41. The Morgan fingerprint density at radius 1 is 1.42 bits per heavy atom. The highest BCUT2D eigenvalue weighted by Crippen LogP contribution is 2.23. The van der Waals surface area contributed by atoms with Crippen molar-refractivity contribution in [3.63, 3.8) is 0 Å². The fraction of sp³-hybridized carbons (Fsp3) is 0.273. The molecule has 3 rings (SSSR count). The minimum atomic E-state index is -0.835. The van der Waals surface area contributed by atoms with Gasteiger partial charge < -0.3 is 4.98 Å². The van der Waals surface area contributed by atoms with Gasteiger partial charge in [-0.2, -0.15) is 0 Å². The molecule has 98 valence electrons. The largest absolute Gasteiger partial charge is 0.323 e. The van der Waals surface area contributed by atoms with Gasteiger partial charge in [0.15, 0.2) is 4.77 Å². The molecule has 2 amide bonds. The molecule has 0 radical (unpaired) electrons. The molecule has 1 unspecified atom stereocenters. The van der Waals surface area contributed by atoms with E-state index in [1.165, 1.54) is 23.0 Å². The lowest BCUT2D eigenvalue weighted by Crippen LogP contribution is -2.32. The lowest BCUT2D eigenvalue weighted by atomic mass is 10.2. The van der Waals surface area contributed by atoms with Crippen LogP contribution in [-0.2, 0) is 9.59 Å². The van der Waals surface area contributed by atoms with Crippen molar-refractivity contribution in [3.8, 4) is 0 Å². The third-order valence-corrected chi connectivity index (χ3v) is 4.35. The molecule has 0 saturated carbocycles. The number of aromatic amines is 1. The number of H-pyrrole nitrogens is 1. The number of likely N-dealkylation sites (N-methyl/N-ethyl adjacent to an activating group) is 1. The minimum absolute atomic E-state index is 0.0254. The van der Waals surface area contributed by atoms with E-state index in [0.717, 1.165) is 4.90 Å². The van der Waals surface area contributed by atoms with Gasteiger partial charge in [-0.3, -0.25) is 23.9 Å². The van der Waals surface area contributed by atoms with Gasteiger partial charge in [-0.05, 0) is 23.7 Å². The molecule has 2 aromatic rings. The van der Waals surface area contributed by atoms with Crippen LogP contribution in [-0.4, -0.2) is 33.3 Å². The molecule has 8 heteroatoms. The summed E-state index contributed by atoms with van der Waals surface area (Å²) in [5, 5.41) is 2.25. The third kappa shape index (κ3) is 1.67. The Balaban J connectivity index is 2.27. The normalized spacial score (nSPS) is 19.6. The first-order valence-corrected chi connectivity index (χ1v) is 6.82. The number of fused-ring (bicyclic) bond motifs is 1. The van der Waals surface area contributed by atoms with Crippen molar-refractivity contribution in [2.24, 2.45) is 0 Å².